The van der Waals surface area contributed by atoms with Gasteiger partial charge in [-0.3, -0.25) is 4.99 Å². The van der Waals surface area contributed by atoms with Crippen LogP contribution in [0.3, 0.4) is 0 Å². The van der Waals surface area contributed by atoms with Gasteiger partial charge >= 0.3 is 0 Å². The van der Waals surface area contributed by atoms with Gasteiger partial charge in [0.05, 0.1) is 12.6 Å². The van der Waals surface area contributed by atoms with E-state index in [9.17, 15) is 4.39 Å². The first-order valence-electron chi connectivity index (χ1n) is 9.76. The summed E-state index contributed by atoms with van der Waals surface area (Å²) in [6.45, 7) is 6.67. The topological polar surface area (TPSA) is 78.7 Å². The smallest absolute Gasteiger partial charge is 0.202 e. The van der Waals surface area contributed by atoms with E-state index in [-0.39, 0.29) is 17.4 Å². The van der Waals surface area contributed by atoms with Crippen molar-refractivity contribution in [1.82, 2.24) is 25.5 Å². The standard InChI is InChI=1S/C20H22FN7/c1-11-7-17(27-28-10-12(2)23-20(11)28)19-24-18-15(21)8-14(9-16(18)25-26-19)13-3-5-22-6-4-13/h7-9,12-13,22H,3-6,10H2,1-2H3. The minimum absolute atomic E-state index is 0.197. The molecule has 5 rings (SSSR count). The molecule has 0 aliphatic carbocycles. The summed E-state index contributed by atoms with van der Waals surface area (Å²) >= 11 is 0. The van der Waals surface area contributed by atoms with Crippen LogP contribution in [0.4, 0.5) is 4.39 Å². The monoisotopic (exact) mass is 379 g/mol. The van der Waals surface area contributed by atoms with Crippen LogP contribution in [0.2, 0.25) is 0 Å². The summed E-state index contributed by atoms with van der Waals surface area (Å²) in [4.78, 5) is 9.03. The fraction of sp³-hybridized carbons (Fsp3) is 0.450. The van der Waals surface area contributed by atoms with Gasteiger partial charge in [-0.05, 0) is 75.0 Å². The number of hydrazone groups is 1. The molecular weight excluding hydrogens is 357 g/mol. The van der Waals surface area contributed by atoms with Gasteiger partial charge in [-0.25, -0.2) is 14.4 Å². The SMILES string of the molecule is CC1=CC(c2nnc3cc(C4CCNCC4)cc(F)c3n2)=NN2CC(C)N=C12. The van der Waals surface area contributed by atoms with Gasteiger partial charge < -0.3 is 5.32 Å². The van der Waals surface area contributed by atoms with E-state index in [1.54, 1.807) is 6.07 Å². The number of rotatable bonds is 2. The number of piperidine rings is 1. The second kappa shape index (κ2) is 6.70. The molecule has 0 spiro atoms. The third kappa shape index (κ3) is 2.97. The molecule has 28 heavy (non-hydrogen) atoms. The highest BCUT2D eigenvalue weighted by Gasteiger charge is 2.28. The number of nitrogens with zero attached hydrogens (tertiary/aromatic N) is 6. The van der Waals surface area contributed by atoms with Crippen molar-refractivity contribution in [3.05, 3.63) is 41.0 Å². The second-order valence-corrected chi connectivity index (χ2v) is 7.73. The van der Waals surface area contributed by atoms with Gasteiger partial charge in [-0.15, -0.1) is 10.2 Å². The molecule has 3 aliphatic heterocycles. The van der Waals surface area contributed by atoms with Crippen LogP contribution in [0.5, 0.6) is 0 Å². The van der Waals surface area contributed by atoms with E-state index < -0.39 is 0 Å². The Hall–Kier alpha value is -2.74. The Kier molecular flexibility index (Phi) is 4.16. The van der Waals surface area contributed by atoms with Crippen LogP contribution in [-0.2, 0) is 0 Å². The molecule has 0 amide bonds. The summed E-state index contributed by atoms with van der Waals surface area (Å²) in [5.74, 6) is 1.21. The van der Waals surface area contributed by atoms with Crippen LogP contribution in [-0.4, -0.2) is 57.4 Å². The van der Waals surface area contributed by atoms with E-state index in [4.69, 9.17) is 0 Å². The molecule has 2 aromatic rings. The Balaban J connectivity index is 1.51. The van der Waals surface area contributed by atoms with Crippen LogP contribution < -0.4 is 5.32 Å². The maximum absolute atomic E-state index is 14.9. The summed E-state index contributed by atoms with van der Waals surface area (Å²) < 4.78 is 14.9. The minimum atomic E-state index is -0.351. The average molecular weight is 379 g/mol. The van der Waals surface area contributed by atoms with Gasteiger partial charge in [0, 0.05) is 0 Å². The van der Waals surface area contributed by atoms with Crippen molar-refractivity contribution in [3.8, 4) is 0 Å². The summed E-state index contributed by atoms with van der Waals surface area (Å²) in [5, 5.41) is 18.3. The number of nitrogens with one attached hydrogen (secondary N) is 1. The third-order valence-electron chi connectivity index (χ3n) is 5.53. The molecular formula is C20H22FN7. The molecule has 0 radical (unpaired) electrons. The molecule has 1 saturated heterocycles. The van der Waals surface area contributed by atoms with Gasteiger partial charge in [0.15, 0.2) is 5.82 Å². The molecule has 0 saturated carbocycles. The number of amidine groups is 1. The number of aromatic nitrogens is 3. The fourth-order valence-corrected chi connectivity index (χ4v) is 4.11. The van der Waals surface area contributed by atoms with E-state index in [1.165, 1.54) is 0 Å². The molecule has 1 unspecified atom stereocenters. The van der Waals surface area contributed by atoms with Crippen molar-refractivity contribution in [2.75, 3.05) is 19.6 Å². The average Bonchev–Trinajstić information content (AvgIpc) is 3.09. The highest BCUT2D eigenvalue weighted by Crippen LogP contribution is 2.29. The number of fused-ring (bicyclic) bond motifs is 2. The third-order valence-corrected chi connectivity index (χ3v) is 5.53. The van der Waals surface area contributed by atoms with Crippen LogP contribution in [0, 0.1) is 5.82 Å². The van der Waals surface area contributed by atoms with E-state index in [0.29, 0.717) is 23.0 Å². The number of hydrogen-bond acceptors (Lipinski definition) is 7. The Bertz CT molecular complexity index is 1040. The lowest BCUT2D eigenvalue weighted by Crippen LogP contribution is -2.30. The number of aliphatic imine (C=N–C) groups is 1. The van der Waals surface area contributed by atoms with Crippen molar-refractivity contribution in [2.24, 2.45) is 10.1 Å². The molecule has 8 heteroatoms. The molecule has 7 nitrogen and oxygen atoms in total. The Labute approximate surface area is 162 Å². The van der Waals surface area contributed by atoms with Crippen molar-refractivity contribution in [2.45, 2.75) is 38.6 Å². The van der Waals surface area contributed by atoms with Crippen molar-refractivity contribution < 1.29 is 4.39 Å². The molecule has 1 N–H and O–H groups in total. The van der Waals surface area contributed by atoms with E-state index in [1.807, 2.05) is 24.1 Å². The quantitative estimate of drug-likeness (QED) is 0.867. The first kappa shape index (κ1) is 17.4. The Morgan fingerprint density at radius 3 is 2.82 bits per heavy atom. The lowest BCUT2D eigenvalue weighted by atomic mass is 9.90. The number of hydrogen-bond donors (Lipinski definition) is 1. The highest BCUT2D eigenvalue weighted by atomic mass is 19.1. The van der Waals surface area contributed by atoms with Gasteiger partial charge in [0.2, 0.25) is 5.82 Å². The molecule has 1 atom stereocenters. The molecule has 1 fully saturated rings. The van der Waals surface area contributed by atoms with E-state index in [0.717, 1.165) is 49.4 Å². The zero-order valence-corrected chi connectivity index (χ0v) is 16.0. The largest absolute Gasteiger partial charge is 0.317 e. The lowest BCUT2D eigenvalue weighted by Gasteiger charge is -2.23. The molecule has 4 heterocycles. The number of halogens is 1. The Morgan fingerprint density at radius 2 is 2.00 bits per heavy atom. The first-order chi connectivity index (χ1) is 13.6. The van der Waals surface area contributed by atoms with Crippen LogP contribution in [0.15, 0.2) is 33.9 Å². The Morgan fingerprint density at radius 1 is 1.18 bits per heavy atom. The normalized spacial score (nSPS) is 22.8. The van der Waals surface area contributed by atoms with Crippen LogP contribution in [0.1, 0.15) is 44.0 Å². The fourth-order valence-electron chi connectivity index (χ4n) is 4.11. The minimum Gasteiger partial charge on any atom is -0.317 e. The zero-order valence-electron chi connectivity index (χ0n) is 16.0. The number of allylic oxidation sites excluding steroid dienone is 1. The summed E-state index contributed by atoms with van der Waals surface area (Å²) in [6.07, 6.45) is 3.89. The van der Waals surface area contributed by atoms with Gasteiger partial charge in [0.25, 0.3) is 0 Å². The molecule has 144 valence electrons. The summed E-state index contributed by atoms with van der Waals surface area (Å²) in [5.41, 5.74) is 3.30. The van der Waals surface area contributed by atoms with Crippen molar-refractivity contribution >= 4 is 22.6 Å². The maximum atomic E-state index is 14.9. The first-order valence-corrected chi connectivity index (χ1v) is 9.76. The van der Waals surface area contributed by atoms with Gasteiger partial charge in [-0.1, -0.05) is 0 Å². The molecule has 1 aromatic carbocycles. The molecule has 1 aromatic heterocycles. The summed E-state index contributed by atoms with van der Waals surface area (Å²) in [6, 6.07) is 3.73. The van der Waals surface area contributed by atoms with Gasteiger partial charge in [0.1, 0.15) is 22.6 Å². The van der Waals surface area contributed by atoms with Crippen molar-refractivity contribution in [1.29, 1.82) is 0 Å². The summed E-state index contributed by atoms with van der Waals surface area (Å²) in [7, 11) is 0. The van der Waals surface area contributed by atoms with Crippen LogP contribution >= 0.6 is 0 Å². The van der Waals surface area contributed by atoms with Crippen LogP contribution in [0.25, 0.3) is 11.0 Å². The highest BCUT2D eigenvalue weighted by molar-refractivity contribution is 6.15. The number of benzene rings is 1. The van der Waals surface area contributed by atoms with E-state index >= 15 is 0 Å². The zero-order chi connectivity index (χ0) is 19.3. The predicted molar refractivity (Wildman–Crippen MR) is 106 cm³/mol. The molecule has 0 bridgehead atoms. The van der Waals surface area contributed by atoms with E-state index in [2.05, 4.69) is 37.5 Å². The van der Waals surface area contributed by atoms with Crippen molar-refractivity contribution in [3.63, 3.8) is 0 Å². The van der Waals surface area contributed by atoms with Gasteiger partial charge in [-0.2, -0.15) is 5.10 Å². The lowest BCUT2D eigenvalue weighted by molar-refractivity contribution is 0.455. The predicted octanol–water partition coefficient (Wildman–Crippen LogP) is 2.40. The maximum Gasteiger partial charge on any atom is 0.202 e. The second-order valence-electron chi connectivity index (χ2n) is 7.73. The molecule has 3 aliphatic rings.